The molecule has 0 unspecified atom stereocenters. The van der Waals surface area contributed by atoms with Gasteiger partial charge in [0.25, 0.3) is 0 Å². The Morgan fingerprint density at radius 1 is 1.16 bits per heavy atom. The molecule has 0 bridgehead atoms. The van der Waals surface area contributed by atoms with E-state index < -0.39 is 0 Å². The highest BCUT2D eigenvalue weighted by Gasteiger charge is 2.28. The molecule has 1 aliphatic rings. The number of hydrogen-bond donors (Lipinski definition) is 0. The zero-order chi connectivity index (χ0) is 13.8. The third kappa shape index (κ3) is 3.28. The fourth-order valence-electron chi connectivity index (χ4n) is 2.86. The topological polar surface area (TPSA) is 29.5 Å². The number of esters is 1. The fraction of sp³-hybridized carbons (Fsp3) is 0.562. The van der Waals surface area contributed by atoms with Gasteiger partial charge in [-0.05, 0) is 44.7 Å². The summed E-state index contributed by atoms with van der Waals surface area (Å²) in [6.07, 6.45) is 4.00. The second kappa shape index (κ2) is 6.09. The van der Waals surface area contributed by atoms with Crippen molar-refractivity contribution >= 4 is 11.7 Å². The van der Waals surface area contributed by atoms with Crippen LogP contribution >= 0.6 is 0 Å². The minimum Gasteiger partial charge on any atom is -0.469 e. The smallest absolute Gasteiger partial charge is 0.308 e. The van der Waals surface area contributed by atoms with E-state index in [9.17, 15) is 4.79 Å². The van der Waals surface area contributed by atoms with Crippen molar-refractivity contribution in [2.45, 2.75) is 38.6 Å². The van der Waals surface area contributed by atoms with Gasteiger partial charge in [0.2, 0.25) is 0 Å². The first kappa shape index (κ1) is 13.9. The molecule has 19 heavy (non-hydrogen) atoms. The zero-order valence-electron chi connectivity index (χ0n) is 12.1. The summed E-state index contributed by atoms with van der Waals surface area (Å²) < 4.78 is 4.83. The molecular weight excluding hydrogens is 238 g/mol. The molecule has 1 aromatic carbocycles. The van der Waals surface area contributed by atoms with Gasteiger partial charge in [0, 0.05) is 18.8 Å². The number of nitrogens with zero attached hydrogens (tertiary/aromatic N) is 1. The van der Waals surface area contributed by atoms with Gasteiger partial charge in [0.15, 0.2) is 0 Å². The first-order valence-electron chi connectivity index (χ1n) is 6.99. The van der Waals surface area contributed by atoms with E-state index in [0.29, 0.717) is 6.04 Å². The summed E-state index contributed by atoms with van der Waals surface area (Å²) in [7, 11) is 3.63. The lowest BCUT2D eigenvalue weighted by Gasteiger charge is -2.35. The van der Waals surface area contributed by atoms with E-state index in [2.05, 4.69) is 43.1 Å². The number of rotatable bonds is 3. The zero-order valence-corrected chi connectivity index (χ0v) is 12.1. The van der Waals surface area contributed by atoms with E-state index in [4.69, 9.17) is 4.74 Å². The maximum absolute atomic E-state index is 11.5. The normalized spacial score (nSPS) is 22.9. The summed E-state index contributed by atoms with van der Waals surface area (Å²) in [6.45, 7) is 2.10. The molecule has 0 aromatic heterocycles. The molecule has 0 aliphatic heterocycles. The van der Waals surface area contributed by atoms with Crippen LogP contribution in [0, 0.1) is 12.8 Å². The summed E-state index contributed by atoms with van der Waals surface area (Å²) >= 11 is 0. The molecule has 0 N–H and O–H groups in total. The molecule has 1 aliphatic carbocycles. The largest absolute Gasteiger partial charge is 0.469 e. The number of anilines is 1. The summed E-state index contributed by atoms with van der Waals surface area (Å²) in [5.41, 5.74) is 2.54. The van der Waals surface area contributed by atoms with E-state index >= 15 is 0 Å². The summed E-state index contributed by atoms with van der Waals surface area (Å²) in [6, 6.07) is 9.16. The van der Waals surface area contributed by atoms with Gasteiger partial charge in [-0.25, -0.2) is 0 Å². The van der Waals surface area contributed by atoms with Crippen LogP contribution in [-0.2, 0) is 9.53 Å². The van der Waals surface area contributed by atoms with Crippen LogP contribution in [0.25, 0.3) is 0 Å². The van der Waals surface area contributed by atoms with Gasteiger partial charge < -0.3 is 9.64 Å². The van der Waals surface area contributed by atoms with E-state index in [1.807, 2.05) is 0 Å². The van der Waals surface area contributed by atoms with Crippen LogP contribution in [0.5, 0.6) is 0 Å². The molecule has 1 aromatic rings. The Kier molecular flexibility index (Phi) is 4.46. The van der Waals surface area contributed by atoms with Crippen LogP contribution in [-0.4, -0.2) is 26.2 Å². The molecule has 104 valence electrons. The summed E-state index contributed by atoms with van der Waals surface area (Å²) in [5.74, 6) is 0.0594. The molecular formula is C16H23NO2. The number of carbonyl (C=O) groups is 1. The van der Waals surface area contributed by atoms with Crippen molar-refractivity contribution in [1.29, 1.82) is 0 Å². The van der Waals surface area contributed by atoms with Crippen molar-refractivity contribution in [3.05, 3.63) is 29.8 Å². The van der Waals surface area contributed by atoms with E-state index in [1.54, 1.807) is 0 Å². The fourth-order valence-corrected chi connectivity index (χ4v) is 2.86. The number of methoxy groups -OCH3 is 1. The predicted molar refractivity (Wildman–Crippen MR) is 77.3 cm³/mol. The van der Waals surface area contributed by atoms with Crippen molar-refractivity contribution in [3.63, 3.8) is 0 Å². The van der Waals surface area contributed by atoms with Crippen LogP contribution in [0.2, 0.25) is 0 Å². The molecule has 3 heteroatoms. The van der Waals surface area contributed by atoms with Gasteiger partial charge in [-0.1, -0.05) is 17.7 Å². The number of ether oxygens (including phenoxy) is 1. The lowest BCUT2D eigenvalue weighted by Crippen LogP contribution is -2.36. The third-order valence-corrected chi connectivity index (χ3v) is 4.22. The lowest BCUT2D eigenvalue weighted by atomic mass is 9.85. The molecule has 1 saturated carbocycles. The van der Waals surface area contributed by atoms with Crippen molar-refractivity contribution in [2.24, 2.45) is 5.92 Å². The molecule has 1 fully saturated rings. The second-order valence-electron chi connectivity index (χ2n) is 5.48. The molecule has 0 radical (unpaired) electrons. The summed E-state index contributed by atoms with van der Waals surface area (Å²) in [5, 5.41) is 0. The van der Waals surface area contributed by atoms with Gasteiger partial charge in [-0.2, -0.15) is 0 Å². The number of aryl methyl sites for hydroxylation is 1. The average Bonchev–Trinajstić information content (AvgIpc) is 2.46. The van der Waals surface area contributed by atoms with Crippen molar-refractivity contribution in [1.82, 2.24) is 0 Å². The van der Waals surface area contributed by atoms with Crippen LogP contribution < -0.4 is 4.90 Å². The average molecular weight is 261 g/mol. The molecule has 3 nitrogen and oxygen atoms in total. The highest BCUT2D eigenvalue weighted by atomic mass is 16.5. The molecule has 0 saturated heterocycles. The predicted octanol–water partition coefficient (Wildman–Crippen LogP) is 3.16. The number of hydrogen-bond acceptors (Lipinski definition) is 3. The van der Waals surface area contributed by atoms with Gasteiger partial charge in [-0.15, -0.1) is 0 Å². The first-order valence-corrected chi connectivity index (χ1v) is 6.99. The summed E-state index contributed by atoms with van der Waals surface area (Å²) in [4.78, 5) is 13.9. The highest BCUT2D eigenvalue weighted by Crippen LogP contribution is 2.30. The second-order valence-corrected chi connectivity index (χ2v) is 5.48. The van der Waals surface area contributed by atoms with E-state index in [1.165, 1.54) is 18.4 Å². The van der Waals surface area contributed by atoms with Gasteiger partial charge in [-0.3, -0.25) is 4.79 Å². The molecule has 0 atom stereocenters. The number of carbonyl (C=O) groups excluding carboxylic acids is 1. The standard InChI is InChI=1S/C16H23NO2/c1-12-4-8-14(9-5-12)17(2)15-10-6-13(7-11-15)16(18)19-3/h4-5,8-9,13,15H,6-7,10-11H2,1-3H3. The monoisotopic (exact) mass is 261 g/mol. The van der Waals surface area contributed by atoms with Crippen LogP contribution in [0.1, 0.15) is 31.2 Å². The van der Waals surface area contributed by atoms with E-state index in [0.717, 1.165) is 25.7 Å². The Balaban J connectivity index is 1.94. The Morgan fingerprint density at radius 3 is 2.26 bits per heavy atom. The third-order valence-electron chi connectivity index (χ3n) is 4.22. The van der Waals surface area contributed by atoms with E-state index in [-0.39, 0.29) is 11.9 Å². The minimum absolute atomic E-state index is 0.0450. The number of benzene rings is 1. The highest BCUT2D eigenvalue weighted by molar-refractivity contribution is 5.72. The van der Waals surface area contributed by atoms with Gasteiger partial charge in [0.05, 0.1) is 13.0 Å². The van der Waals surface area contributed by atoms with Gasteiger partial charge in [0.1, 0.15) is 0 Å². The SMILES string of the molecule is COC(=O)C1CCC(N(C)c2ccc(C)cc2)CC1. The quantitative estimate of drug-likeness (QED) is 0.783. The maximum Gasteiger partial charge on any atom is 0.308 e. The molecule has 0 heterocycles. The Hall–Kier alpha value is -1.51. The molecule has 0 amide bonds. The minimum atomic E-state index is -0.0450. The lowest BCUT2D eigenvalue weighted by molar-refractivity contribution is -0.146. The molecule has 2 rings (SSSR count). The Labute approximate surface area is 115 Å². The van der Waals surface area contributed by atoms with Crippen molar-refractivity contribution in [3.8, 4) is 0 Å². The van der Waals surface area contributed by atoms with Crippen molar-refractivity contribution in [2.75, 3.05) is 19.1 Å². The van der Waals surface area contributed by atoms with Crippen LogP contribution in [0.15, 0.2) is 24.3 Å². The molecule has 0 spiro atoms. The van der Waals surface area contributed by atoms with Crippen LogP contribution in [0.3, 0.4) is 0 Å². The first-order chi connectivity index (χ1) is 9.11. The Bertz CT molecular complexity index is 419. The van der Waals surface area contributed by atoms with Crippen molar-refractivity contribution < 1.29 is 9.53 Å². The Morgan fingerprint density at radius 2 is 1.74 bits per heavy atom. The maximum atomic E-state index is 11.5. The van der Waals surface area contributed by atoms with Gasteiger partial charge >= 0.3 is 5.97 Å². The van der Waals surface area contributed by atoms with Crippen LogP contribution in [0.4, 0.5) is 5.69 Å².